The van der Waals surface area contributed by atoms with Crippen LogP contribution in [0.1, 0.15) is 32.2 Å². The van der Waals surface area contributed by atoms with E-state index in [0.717, 1.165) is 31.1 Å². The monoisotopic (exact) mass is 252 g/mol. The summed E-state index contributed by atoms with van der Waals surface area (Å²) in [4.78, 5) is 4.53. The Morgan fingerprint density at radius 1 is 1.28 bits per heavy atom. The van der Waals surface area contributed by atoms with Gasteiger partial charge < -0.3 is 14.8 Å². The Labute approximate surface area is 110 Å². The molecular weight excluding hydrogens is 228 g/mol. The van der Waals surface area contributed by atoms with Gasteiger partial charge in [-0.15, -0.1) is 0 Å². The highest BCUT2D eigenvalue weighted by Crippen LogP contribution is 2.03. The number of aromatic nitrogens is 1. The van der Waals surface area contributed by atoms with Gasteiger partial charge in [0, 0.05) is 13.2 Å². The second kappa shape index (κ2) is 9.03. The molecule has 1 rings (SSSR count). The summed E-state index contributed by atoms with van der Waals surface area (Å²) in [6, 6.07) is 6.03. The average molecular weight is 252 g/mol. The molecule has 1 N–H and O–H groups in total. The molecule has 4 heteroatoms. The minimum Gasteiger partial charge on any atom is -0.379 e. The van der Waals surface area contributed by atoms with E-state index in [1.807, 2.05) is 32.0 Å². The lowest BCUT2D eigenvalue weighted by molar-refractivity contribution is -0.0127. The first-order valence-corrected chi connectivity index (χ1v) is 6.61. The summed E-state index contributed by atoms with van der Waals surface area (Å²) in [6.07, 6.45) is 0.101. The van der Waals surface area contributed by atoms with Crippen LogP contribution >= 0.6 is 0 Å². The molecule has 1 heterocycles. The standard InChI is InChI=1S/C14H24N2O2/c1-4-15-9-13-7-6-8-14(16-13)11-18-12(3)10-17-5-2/h6-8,12,15H,4-5,9-11H2,1-3H3. The fraction of sp³-hybridized carbons (Fsp3) is 0.643. The number of nitrogens with one attached hydrogen (secondary N) is 1. The minimum atomic E-state index is 0.101. The maximum Gasteiger partial charge on any atom is 0.0892 e. The summed E-state index contributed by atoms with van der Waals surface area (Å²) < 4.78 is 11.0. The summed E-state index contributed by atoms with van der Waals surface area (Å²) in [5.74, 6) is 0. The van der Waals surface area contributed by atoms with Crippen LogP contribution in [0.25, 0.3) is 0 Å². The lowest BCUT2D eigenvalue weighted by Crippen LogP contribution is -2.17. The number of nitrogens with zero attached hydrogens (tertiary/aromatic N) is 1. The Balaban J connectivity index is 2.37. The summed E-state index contributed by atoms with van der Waals surface area (Å²) >= 11 is 0. The highest BCUT2D eigenvalue weighted by Gasteiger charge is 2.04. The predicted octanol–water partition coefficient (Wildman–Crippen LogP) is 2.13. The molecule has 0 saturated carbocycles. The molecule has 0 bridgehead atoms. The van der Waals surface area contributed by atoms with Gasteiger partial charge in [-0.2, -0.15) is 0 Å². The van der Waals surface area contributed by atoms with Crippen LogP contribution < -0.4 is 5.32 Å². The van der Waals surface area contributed by atoms with Crippen LogP contribution in [-0.4, -0.2) is 30.8 Å². The molecule has 0 spiro atoms. The molecule has 4 nitrogen and oxygen atoms in total. The molecule has 0 aliphatic carbocycles. The SMILES string of the molecule is CCNCc1cccc(COC(C)COCC)n1. The van der Waals surface area contributed by atoms with Crippen LogP contribution in [0, 0.1) is 0 Å². The minimum absolute atomic E-state index is 0.101. The molecule has 1 aromatic rings. The van der Waals surface area contributed by atoms with E-state index in [9.17, 15) is 0 Å². The van der Waals surface area contributed by atoms with Crippen LogP contribution in [-0.2, 0) is 22.6 Å². The molecule has 18 heavy (non-hydrogen) atoms. The molecule has 1 aromatic heterocycles. The third-order valence-electron chi connectivity index (χ3n) is 2.49. The molecule has 0 radical (unpaired) electrons. The lowest BCUT2D eigenvalue weighted by atomic mass is 10.3. The smallest absolute Gasteiger partial charge is 0.0892 e. The van der Waals surface area contributed by atoms with Gasteiger partial charge in [0.1, 0.15) is 0 Å². The van der Waals surface area contributed by atoms with E-state index in [4.69, 9.17) is 9.47 Å². The zero-order chi connectivity index (χ0) is 13.2. The molecule has 1 unspecified atom stereocenters. The van der Waals surface area contributed by atoms with Crippen LogP contribution in [0.3, 0.4) is 0 Å². The molecule has 0 fully saturated rings. The number of ether oxygens (including phenoxy) is 2. The van der Waals surface area contributed by atoms with Gasteiger partial charge in [0.2, 0.25) is 0 Å². The Kier molecular flexibility index (Phi) is 7.57. The average Bonchev–Trinajstić information content (AvgIpc) is 2.41. The van der Waals surface area contributed by atoms with Crippen molar-refractivity contribution in [1.29, 1.82) is 0 Å². The Hall–Kier alpha value is -0.970. The van der Waals surface area contributed by atoms with Crippen LogP contribution in [0.15, 0.2) is 18.2 Å². The third-order valence-corrected chi connectivity index (χ3v) is 2.49. The summed E-state index contributed by atoms with van der Waals surface area (Å²) in [7, 11) is 0. The first-order chi connectivity index (χ1) is 8.76. The number of hydrogen-bond acceptors (Lipinski definition) is 4. The molecule has 0 aliphatic heterocycles. The third kappa shape index (κ3) is 6.10. The zero-order valence-electron chi connectivity index (χ0n) is 11.6. The van der Waals surface area contributed by atoms with Crippen molar-refractivity contribution in [3.05, 3.63) is 29.6 Å². The van der Waals surface area contributed by atoms with Crippen LogP contribution in [0.4, 0.5) is 0 Å². The molecule has 102 valence electrons. The van der Waals surface area contributed by atoms with Crippen molar-refractivity contribution in [2.75, 3.05) is 19.8 Å². The van der Waals surface area contributed by atoms with Crippen molar-refractivity contribution in [2.45, 2.75) is 40.0 Å². The molecular formula is C14H24N2O2. The molecule has 0 amide bonds. The summed E-state index contributed by atoms with van der Waals surface area (Å²) in [5.41, 5.74) is 2.02. The van der Waals surface area contributed by atoms with E-state index in [-0.39, 0.29) is 6.10 Å². The fourth-order valence-corrected chi connectivity index (χ4v) is 1.52. The Morgan fingerprint density at radius 3 is 2.78 bits per heavy atom. The molecule has 0 aliphatic rings. The van der Waals surface area contributed by atoms with Gasteiger partial charge in [-0.25, -0.2) is 0 Å². The molecule has 0 aromatic carbocycles. The second-order valence-electron chi connectivity index (χ2n) is 4.18. The van der Waals surface area contributed by atoms with E-state index in [2.05, 4.69) is 17.2 Å². The predicted molar refractivity (Wildman–Crippen MR) is 72.4 cm³/mol. The summed E-state index contributed by atoms with van der Waals surface area (Å²) in [6.45, 7) is 9.73. The van der Waals surface area contributed by atoms with Gasteiger partial charge in [-0.1, -0.05) is 13.0 Å². The van der Waals surface area contributed by atoms with Gasteiger partial charge in [0.25, 0.3) is 0 Å². The van der Waals surface area contributed by atoms with Crippen molar-refractivity contribution in [3.8, 4) is 0 Å². The lowest BCUT2D eigenvalue weighted by Gasteiger charge is -2.12. The second-order valence-corrected chi connectivity index (χ2v) is 4.18. The maximum absolute atomic E-state index is 5.68. The number of pyridine rings is 1. The van der Waals surface area contributed by atoms with Crippen LogP contribution in [0.2, 0.25) is 0 Å². The number of hydrogen-bond donors (Lipinski definition) is 1. The Morgan fingerprint density at radius 2 is 2.06 bits per heavy atom. The van der Waals surface area contributed by atoms with Gasteiger partial charge in [0.05, 0.1) is 30.7 Å². The number of rotatable bonds is 9. The van der Waals surface area contributed by atoms with E-state index in [1.165, 1.54) is 0 Å². The summed E-state index contributed by atoms with van der Waals surface area (Å²) in [5, 5.41) is 3.26. The van der Waals surface area contributed by atoms with Gasteiger partial charge in [-0.3, -0.25) is 4.98 Å². The van der Waals surface area contributed by atoms with Gasteiger partial charge in [0.15, 0.2) is 0 Å². The maximum atomic E-state index is 5.68. The van der Waals surface area contributed by atoms with E-state index >= 15 is 0 Å². The van der Waals surface area contributed by atoms with Crippen molar-refractivity contribution in [3.63, 3.8) is 0 Å². The first-order valence-electron chi connectivity index (χ1n) is 6.61. The fourth-order valence-electron chi connectivity index (χ4n) is 1.52. The molecule has 0 saturated heterocycles. The Bertz CT molecular complexity index is 331. The topological polar surface area (TPSA) is 43.4 Å². The van der Waals surface area contributed by atoms with Gasteiger partial charge in [-0.05, 0) is 32.5 Å². The van der Waals surface area contributed by atoms with Crippen LogP contribution in [0.5, 0.6) is 0 Å². The van der Waals surface area contributed by atoms with E-state index in [1.54, 1.807) is 0 Å². The van der Waals surface area contributed by atoms with Gasteiger partial charge >= 0.3 is 0 Å². The van der Waals surface area contributed by atoms with Crippen molar-refractivity contribution in [1.82, 2.24) is 10.3 Å². The molecule has 1 atom stereocenters. The highest BCUT2D eigenvalue weighted by atomic mass is 16.5. The van der Waals surface area contributed by atoms with Crippen molar-refractivity contribution >= 4 is 0 Å². The largest absolute Gasteiger partial charge is 0.379 e. The zero-order valence-corrected chi connectivity index (χ0v) is 11.6. The van der Waals surface area contributed by atoms with Crippen molar-refractivity contribution in [2.24, 2.45) is 0 Å². The van der Waals surface area contributed by atoms with E-state index in [0.29, 0.717) is 13.2 Å². The van der Waals surface area contributed by atoms with E-state index < -0.39 is 0 Å². The normalized spacial score (nSPS) is 12.6. The highest BCUT2D eigenvalue weighted by molar-refractivity contribution is 5.10. The quantitative estimate of drug-likeness (QED) is 0.731. The van der Waals surface area contributed by atoms with Crippen molar-refractivity contribution < 1.29 is 9.47 Å². The first kappa shape index (κ1) is 15.1.